The minimum atomic E-state index is -0.898. The molecule has 25 heavy (non-hydrogen) atoms. The first-order chi connectivity index (χ1) is 12.2. The third-order valence-electron chi connectivity index (χ3n) is 4.12. The number of quaternary nitrogens is 1. The first-order valence-corrected chi connectivity index (χ1v) is 8.93. The fourth-order valence-electron chi connectivity index (χ4n) is 2.86. The number of hydrogen-bond acceptors (Lipinski definition) is 4. The Hall–Kier alpha value is -2.44. The van der Waals surface area contributed by atoms with E-state index < -0.39 is 5.23 Å². The van der Waals surface area contributed by atoms with E-state index in [2.05, 4.69) is 12.1 Å². The van der Waals surface area contributed by atoms with Gasteiger partial charge in [-0.15, -0.1) is 11.8 Å². The lowest BCUT2D eigenvalue weighted by molar-refractivity contribution is -0.991. The lowest BCUT2D eigenvalue weighted by Crippen LogP contribution is -2.99. The molecule has 0 amide bonds. The molecule has 0 radical (unpaired) electrons. The van der Waals surface area contributed by atoms with E-state index in [4.69, 9.17) is 10.2 Å². The van der Waals surface area contributed by atoms with E-state index in [1.165, 1.54) is 4.90 Å². The van der Waals surface area contributed by atoms with Gasteiger partial charge in [-0.1, -0.05) is 48.5 Å². The molecule has 0 aliphatic carbocycles. The van der Waals surface area contributed by atoms with E-state index in [1.807, 2.05) is 48.5 Å². The molecule has 0 spiro atoms. The van der Waals surface area contributed by atoms with Crippen LogP contribution >= 0.6 is 11.8 Å². The smallest absolute Gasteiger partial charge is 0.163 e. The molecule has 4 rings (SSSR count). The van der Waals surface area contributed by atoms with Crippen molar-refractivity contribution >= 4 is 39.3 Å². The Morgan fingerprint density at radius 2 is 1.40 bits per heavy atom. The van der Waals surface area contributed by atoms with Crippen molar-refractivity contribution in [2.24, 2.45) is 0 Å². The summed E-state index contributed by atoms with van der Waals surface area (Å²) in [5.41, 5.74) is 3.39. The average molecular weight is 348 g/mol. The Bertz CT molecular complexity index is 979. The fourth-order valence-corrected chi connectivity index (χ4v) is 4.02. The Morgan fingerprint density at radius 1 is 0.840 bits per heavy atom. The molecule has 1 heterocycles. The minimum Gasteiger partial charge on any atom is -0.595 e. The highest BCUT2D eigenvalue weighted by Gasteiger charge is 2.09. The molecule has 1 unspecified atom stereocenters. The summed E-state index contributed by atoms with van der Waals surface area (Å²) in [5.74, 6) is 0.776. The van der Waals surface area contributed by atoms with Crippen LogP contribution in [-0.2, 0) is 5.75 Å². The number of para-hydroxylation sites is 2. The minimum absolute atomic E-state index is 0.313. The van der Waals surface area contributed by atoms with Crippen LogP contribution in [0.5, 0.6) is 0 Å². The van der Waals surface area contributed by atoms with Gasteiger partial charge in [0, 0.05) is 33.6 Å². The highest BCUT2D eigenvalue weighted by atomic mass is 32.2. The summed E-state index contributed by atoms with van der Waals surface area (Å²) in [6.07, 6.45) is 0. The zero-order valence-corrected chi connectivity index (χ0v) is 14.2. The lowest BCUT2D eigenvalue weighted by Gasteiger charge is -2.12. The van der Waals surface area contributed by atoms with Gasteiger partial charge in [-0.25, -0.2) is 10.2 Å². The number of nitrogens with one attached hydrogen (secondary N) is 1. The number of nitrogens with zero attached hydrogens (tertiary/aromatic N) is 1. The number of thioether (sulfide) groups is 1. The van der Waals surface area contributed by atoms with Crippen molar-refractivity contribution in [3.8, 4) is 0 Å². The summed E-state index contributed by atoms with van der Waals surface area (Å²) >= 11 is 1.76. The lowest BCUT2D eigenvalue weighted by atomic mass is 10.1. The highest BCUT2D eigenvalue weighted by molar-refractivity contribution is 7.99. The predicted octanol–water partition coefficient (Wildman–Crippen LogP) is 4.08. The summed E-state index contributed by atoms with van der Waals surface area (Å²) in [6, 6.07) is 23.4. The normalized spacial score (nSPS) is 12.6. The zero-order valence-electron chi connectivity index (χ0n) is 13.3. The average Bonchev–Trinajstić information content (AvgIpc) is 2.65. The zero-order chi connectivity index (χ0) is 17.2. The molecular weight excluding hydrogens is 332 g/mol. The first-order valence-electron chi connectivity index (χ1n) is 7.95. The van der Waals surface area contributed by atoms with Gasteiger partial charge in [0.25, 0.3) is 0 Å². The third-order valence-corrected chi connectivity index (χ3v) is 5.33. The van der Waals surface area contributed by atoms with E-state index in [1.54, 1.807) is 23.9 Å². The molecule has 1 atom stereocenters. The Morgan fingerprint density at radius 3 is 1.96 bits per heavy atom. The number of aromatic nitrogens is 1. The van der Waals surface area contributed by atoms with Gasteiger partial charge in [-0.05, 0) is 17.7 Å². The largest absolute Gasteiger partial charge is 0.595 e. The molecular formula is C20H16N2O2S. The van der Waals surface area contributed by atoms with Gasteiger partial charge in [0.05, 0.1) is 11.0 Å². The summed E-state index contributed by atoms with van der Waals surface area (Å²) in [5, 5.41) is 21.4. The number of pyridine rings is 1. The van der Waals surface area contributed by atoms with Crippen LogP contribution in [-0.4, -0.2) is 10.2 Å². The Balaban J connectivity index is 1.72. The number of benzene rings is 3. The van der Waals surface area contributed by atoms with E-state index >= 15 is 0 Å². The molecule has 4 aromatic rings. The van der Waals surface area contributed by atoms with Gasteiger partial charge in [0.1, 0.15) is 0 Å². The molecule has 0 fully saturated rings. The SMILES string of the molecule is [O-][NH+](O)c1ccc(CSc2c3ccccc3nc3ccccc23)cc1. The first kappa shape index (κ1) is 16.1. The number of rotatable bonds is 4. The summed E-state index contributed by atoms with van der Waals surface area (Å²) in [4.78, 5) is 5.96. The molecule has 4 nitrogen and oxygen atoms in total. The molecule has 124 valence electrons. The fraction of sp³-hybridized carbons (Fsp3) is 0.0500. The van der Waals surface area contributed by atoms with Crippen molar-refractivity contribution < 1.29 is 10.4 Å². The molecule has 2 N–H and O–H groups in total. The standard InChI is InChI=1S/C20H16N2O2S/c23-22(24)15-11-9-14(10-12-15)13-25-20-16-5-1-3-7-18(16)21-19-8-4-2-6-17(19)20/h1-12,22-23H,13H2. The van der Waals surface area contributed by atoms with Crippen molar-refractivity contribution in [1.82, 2.24) is 4.98 Å². The van der Waals surface area contributed by atoms with E-state index in [0.717, 1.165) is 33.1 Å². The molecule has 3 aromatic carbocycles. The van der Waals surface area contributed by atoms with Crippen LogP contribution in [0.2, 0.25) is 0 Å². The van der Waals surface area contributed by atoms with Gasteiger partial charge in [0.2, 0.25) is 0 Å². The molecule has 1 aromatic heterocycles. The van der Waals surface area contributed by atoms with Crippen LogP contribution in [0, 0.1) is 5.21 Å². The quantitative estimate of drug-likeness (QED) is 0.331. The Kier molecular flexibility index (Phi) is 4.38. The monoisotopic (exact) mass is 348 g/mol. The molecule has 0 bridgehead atoms. The molecule has 0 aliphatic heterocycles. The second-order valence-corrected chi connectivity index (χ2v) is 6.75. The second kappa shape index (κ2) is 6.82. The topological polar surface area (TPSA) is 60.6 Å². The van der Waals surface area contributed by atoms with E-state index in [9.17, 15) is 5.21 Å². The van der Waals surface area contributed by atoms with Crippen molar-refractivity contribution in [2.45, 2.75) is 10.6 Å². The highest BCUT2D eigenvalue weighted by Crippen LogP contribution is 2.35. The molecule has 5 heteroatoms. The molecule has 0 aliphatic rings. The molecule has 0 saturated heterocycles. The summed E-state index contributed by atoms with van der Waals surface area (Å²) < 4.78 is 0. The second-order valence-electron chi connectivity index (χ2n) is 5.77. The predicted molar refractivity (Wildman–Crippen MR) is 101 cm³/mol. The number of hydrogen-bond donors (Lipinski definition) is 2. The maximum atomic E-state index is 11.0. The van der Waals surface area contributed by atoms with Crippen LogP contribution in [0.25, 0.3) is 21.8 Å². The van der Waals surface area contributed by atoms with Gasteiger partial charge in [0.15, 0.2) is 5.69 Å². The van der Waals surface area contributed by atoms with Crippen molar-refractivity contribution in [3.05, 3.63) is 83.6 Å². The van der Waals surface area contributed by atoms with Crippen molar-refractivity contribution in [3.63, 3.8) is 0 Å². The van der Waals surface area contributed by atoms with E-state index in [0.29, 0.717) is 5.69 Å². The maximum absolute atomic E-state index is 11.0. The van der Waals surface area contributed by atoms with Gasteiger partial charge >= 0.3 is 0 Å². The van der Waals surface area contributed by atoms with Gasteiger partial charge < -0.3 is 5.21 Å². The molecule has 0 saturated carbocycles. The van der Waals surface area contributed by atoms with Crippen LogP contribution in [0.4, 0.5) is 5.69 Å². The van der Waals surface area contributed by atoms with Crippen LogP contribution < -0.4 is 5.23 Å². The third kappa shape index (κ3) is 3.23. The number of fused-ring (bicyclic) bond motifs is 2. The van der Waals surface area contributed by atoms with Crippen LogP contribution in [0.1, 0.15) is 5.56 Å². The van der Waals surface area contributed by atoms with Crippen LogP contribution in [0.3, 0.4) is 0 Å². The van der Waals surface area contributed by atoms with E-state index in [-0.39, 0.29) is 0 Å². The summed E-state index contributed by atoms with van der Waals surface area (Å²) in [7, 11) is 0. The van der Waals surface area contributed by atoms with Crippen molar-refractivity contribution in [1.29, 1.82) is 0 Å². The Labute approximate surface area is 149 Å². The van der Waals surface area contributed by atoms with Crippen LogP contribution in [0.15, 0.2) is 77.7 Å². The van der Waals surface area contributed by atoms with Gasteiger partial charge in [-0.2, -0.15) is 5.23 Å². The van der Waals surface area contributed by atoms with Gasteiger partial charge in [-0.3, -0.25) is 0 Å². The maximum Gasteiger partial charge on any atom is 0.163 e. The summed E-state index contributed by atoms with van der Waals surface area (Å²) in [6.45, 7) is 0. The van der Waals surface area contributed by atoms with Crippen molar-refractivity contribution in [2.75, 3.05) is 0 Å².